The molecule has 0 aromatic rings. The van der Waals surface area contributed by atoms with Crippen LogP contribution in [0.4, 0.5) is 4.79 Å². The van der Waals surface area contributed by atoms with E-state index in [1.54, 1.807) is 20.8 Å². The highest BCUT2D eigenvalue weighted by Gasteiger charge is 2.57. The van der Waals surface area contributed by atoms with Gasteiger partial charge in [0.2, 0.25) is 0 Å². The first-order valence-electron chi connectivity index (χ1n) is 8.70. The molecule has 1 saturated heterocycles. The zero-order valence-corrected chi connectivity index (χ0v) is 17.9. The lowest BCUT2D eigenvalue weighted by Gasteiger charge is -2.35. The average Bonchev–Trinajstić information content (AvgIpc) is 2.90. The monoisotopic (exact) mass is 393 g/mol. The molecule has 0 N–H and O–H groups in total. The summed E-state index contributed by atoms with van der Waals surface area (Å²) in [6.07, 6.45) is 0.220. The number of nitrogens with zero attached hydrogens (tertiary/aromatic N) is 1. The van der Waals surface area contributed by atoms with E-state index in [1.807, 2.05) is 13.8 Å². The van der Waals surface area contributed by atoms with Crippen molar-refractivity contribution in [3.63, 3.8) is 0 Å². The smallest absolute Gasteiger partial charge is 0.411 e. The summed E-state index contributed by atoms with van der Waals surface area (Å²) < 4.78 is 33.9. The molecule has 1 aliphatic heterocycles. The molecule has 1 aliphatic rings. The molecular formula is C17H32NO7P. The Bertz CT molecular complexity index is 550. The van der Waals surface area contributed by atoms with E-state index in [-0.39, 0.29) is 11.8 Å². The number of hydrogen-bond acceptors (Lipinski definition) is 7. The van der Waals surface area contributed by atoms with E-state index in [0.29, 0.717) is 12.8 Å². The minimum atomic E-state index is -3.69. The van der Waals surface area contributed by atoms with Gasteiger partial charge in [-0.25, -0.2) is 9.59 Å². The van der Waals surface area contributed by atoms with Gasteiger partial charge in [-0.2, -0.15) is 0 Å². The number of methoxy groups -OCH3 is 1. The van der Waals surface area contributed by atoms with Gasteiger partial charge < -0.3 is 18.5 Å². The minimum absolute atomic E-state index is 0.252. The zero-order valence-electron chi connectivity index (χ0n) is 17.0. The van der Waals surface area contributed by atoms with Crippen molar-refractivity contribution >= 4 is 19.7 Å². The van der Waals surface area contributed by atoms with Gasteiger partial charge in [0.15, 0.2) is 0 Å². The molecule has 0 radical (unpaired) electrons. The van der Waals surface area contributed by atoms with Crippen LogP contribution in [0, 0.1) is 11.8 Å². The number of likely N-dealkylation sites (tertiary alicyclic amines) is 1. The van der Waals surface area contributed by atoms with Crippen LogP contribution in [-0.4, -0.2) is 55.7 Å². The van der Waals surface area contributed by atoms with Crippen LogP contribution in [-0.2, 0) is 27.9 Å². The van der Waals surface area contributed by atoms with E-state index in [9.17, 15) is 14.2 Å². The lowest BCUT2D eigenvalue weighted by atomic mass is 9.94. The van der Waals surface area contributed by atoms with Crippen molar-refractivity contribution in [3.05, 3.63) is 0 Å². The summed E-state index contributed by atoms with van der Waals surface area (Å²) in [6, 6.07) is -0.901. The third-order valence-corrected chi connectivity index (χ3v) is 6.59. The van der Waals surface area contributed by atoms with Crippen LogP contribution in [0.5, 0.6) is 0 Å². The minimum Gasteiger partial charge on any atom is -0.467 e. The summed E-state index contributed by atoms with van der Waals surface area (Å²) in [6.45, 7) is 9.21. The summed E-state index contributed by atoms with van der Waals surface area (Å²) in [5.74, 6) is -1.48. The van der Waals surface area contributed by atoms with Crippen LogP contribution >= 0.6 is 7.60 Å². The molecule has 0 spiro atoms. The predicted molar refractivity (Wildman–Crippen MR) is 96.9 cm³/mol. The van der Waals surface area contributed by atoms with Crippen molar-refractivity contribution < 1.29 is 32.7 Å². The second kappa shape index (κ2) is 8.72. The quantitative estimate of drug-likeness (QED) is 0.502. The van der Waals surface area contributed by atoms with Gasteiger partial charge in [0.25, 0.3) is 0 Å². The lowest BCUT2D eigenvalue weighted by molar-refractivity contribution is -0.145. The van der Waals surface area contributed by atoms with Crippen molar-refractivity contribution in [3.8, 4) is 0 Å². The van der Waals surface area contributed by atoms with Gasteiger partial charge in [-0.15, -0.1) is 0 Å². The molecule has 0 bridgehead atoms. The molecule has 3 atom stereocenters. The number of carbonyl (C=O) groups is 2. The maximum atomic E-state index is 13.2. The molecule has 0 saturated carbocycles. The second-order valence-electron chi connectivity index (χ2n) is 7.87. The van der Waals surface area contributed by atoms with Crippen LogP contribution in [0.1, 0.15) is 47.5 Å². The van der Waals surface area contributed by atoms with E-state index in [2.05, 4.69) is 0 Å². The summed E-state index contributed by atoms with van der Waals surface area (Å²) in [5.41, 5.74) is -0.775. The summed E-state index contributed by atoms with van der Waals surface area (Å²) in [7, 11) is 0.116. The molecule has 26 heavy (non-hydrogen) atoms. The van der Waals surface area contributed by atoms with Crippen LogP contribution in [0.25, 0.3) is 0 Å². The van der Waals surface area contributed by atoms with Crippen LogP contribution in [0.15, 0.2) is 0 Å². The Morgan fingerprint density at radius 3 is 2.08 bits per heavy atom. The molecule has 152 valence electrons. The number of esters is 1. The highest BCUT2D eigenvalue weighted by molar-refractivity contribution is 7.54. The van der Waals surface area contributed by atoms with Gasteiger partial charge >= 0.3 is 19.7 Å². The molecule has 1 amide bonds. The van der Waals surface area contributed by atoms with Crippen molar-refractivity contribution in [2.24, 2.45) is 11.8 Å². The highest BCUT2D eigenvalue weighted by atomic mass is 31.2. The number of amides is 1. The first-order valence-corrected chi connectivity index (χ1v) is 10.3. The normalized spacial score (nSPS) is 24.0. The molecule has 0 aromatic carbocycles. The van der Waals surface area contributed by atoms with Gasteiger partial charge in [0.05, 0.1) is 7.11 Å². The number of hydrogen-bond donors (Lipinski definition) is 0. The molecule has 0 aliphatic carbocycles. The Hall–Kier alpha value is -1.11. The maximum Gasteiger partial charge on any atom is 0.411 e. The van der Waals surface area contributed by atoms with Crippen LogP contribution in [0.3, 0.4) is 0 Å². The van der Waals surface area contributed by atoms with Gasteiger partial charge in [-0.3, -0.25) is 9.46 Å². The fourth-order valence-corrected chi connectivity index (χ4v) is 5.25. The largest absolute Gasteiger partial charge is 0.467 e. The Morgan fingerprint density at radius 1 is 1.15 bits per heavy atom. The van der Waals surface area contributed by atoms with Gasteiger partial charge in [0, 0.05) is 14.2 Å². The number of rotatable bonds is 6. The SMILES string of the molecule is COC(=O)[C@@H]1C[C@@H](CC(C)C)[C@@H](P(=O)(OC)OC)N1C(=O)OC(C)(C)C. The average molecular weight is 393 g/mol. The number of ether oxygens (including phenoxy) is 2. The van der Waals surface area contributed by atoms with E-state index >= 15 is 0 Å². The van der Waals surface area contributed by atoms with Crippen LogP contribution in [0.2, 0.25) is 0 Å². The molecule has 1 fully saturated rings. The first-order chi connectivity index (χ1) is 11.9. The Kier molecular flexibility index (Phi) is 7.69. The molecule has 8 nitrogen and oxygen atoms in total. The maximum absolute atomic E-state index is 13.2. The van der Waals surface area contributed by atoms with Gasteiger partial charge in [-0.1, -0.05) is 13.8 Å². The fourth-order valence-electron chi connectivity index (χ4n) is 3.35. The predicted octanol–water partition coefficient (Wildman–Crippen LogP) is 3.64. The third-order valence-electron chi connectivity index (χ3n) is 4.25. The zero-order chi connectivity index (χ0) is 20.3. The van der Waals surface area contributed by atoms with Crippen molar-refractivity contribution in [2.45, 2.75) is 64.9 Å². The lowest BCUT2D eigenvalue weighted by Crippen LogP contribution is -2.48. The van der Waals surface area contributed by atoms with E-state index in [1.165, 1.54) is 26.2 Å². The summed E-state index contributed by atoms with van der Waals surface area (Å²) in [5, 5.41) is 0. The van der Waals surface area contributed by atoms with E-state index < -0.39 is 37.1 Å². The molecule has 0 aromatic heterocycles. The fraction of sp³-hybridized carbons (Fsp3) is 0.882. The molecule has 0 unspecified atom stereocenters. The number of carbonyl (C=O) groups excluding carboxylic acids is 2. The Morgan fingerprint density at radius 2 is 1.69 bits per heavy atom. The molecule has 1 heterocycles. The topological polar surface area (TPSA) is 91.4 Å². The summed E-state index contributed by atoms with van der Waals surface area (Å²) in [4.78, 5) is 26.4. The Balaban J connectivity index is 3.41. The van der Waals surface area contributed by atoms with Gasteiger partial charge in [0.1, 0.15) is 17.4 Å². The van der Waals surface area contributed by atoms with Crippen molar-refractivity contribution in [1.82, 2.24) is 4.90 Å². The second-order valence-corrected chi connectivity index (χ2v) is 10.2. The van der Waals surface area contributed by atoms with Crippen molar-refractivity contribution in [2.75, 3.05) is 21.3 Å². The Labute approximate surface area is 156 Å². The van der Waals surface area contributed by atoms with Gasteiger partial charge in [-0.05, 0) is 45.4 Å². The van der Waals surface area contributed by atoms with Crippen molar-refractivity contribution in [1.29, 1.82) is 0 Å². The van der Waals surface area contributed by atoms with Crippen LogP contribution < -0.4 is 0 Å². The first kappa shape index (κ1) is 22.9. The molecule has 9 heteroatoms. The standard InChI is InChI=1S/C17H32NO7P/c1-11(2)9-12-10-13(15(19)22-6)18(16(20)25-17(3,4)5)14(12)26(21,23-7)24-8/h11-14H,9-10H2,1-8H3/t12-,13+,14-/m1/s1. The highest BCUT2D eigenvalue weighted by Crippen LogP contribution is 2.60. The third kappa shape index (κ3) is 5.21. The van der Waals surface area contributed by atoms with E-state index in [4.69, 9.17) is 18.5 Å². The molecule has 1 rings (SSSR count). The summed E-state index contributed by atoms with van der Waals surface area (Å²) >= 11 is 0. The molecular weight excluding hydrogens is 361 g/mol. The van der Waals surface area contributed by atoms with E-state index in [0.717, 1.165) is 0 Å².